The van der Waals surface area contributed by atoms with Crippen molar-refractivity contribution in [2.24, 2.45) is 0 Å². The van der Waals surface area contributed by atoms with E-state index in [4.69, 9.17) is 0 Å². The number of pyridine rings is 1. The number of nitrogens with zero attached hydrogens (tertiary/aromatic N) is 4. The summed E-state index contributed by atoms with van der Waals surface area (Å²) >= 11 is 1.69. The molecule has 2 heterocycles. The molecule has 0 aliphatic carbocycles. The molecule has 0 bridgehead atoms. The number of anilines is 1. The molecule has 0 unspecified atom stereocenters. The molecule has 0 atom stereocenters. The molecular weight excluding hydrogens is 336 g/mol. The average molecular weight is 354 g/mol. The van der Waals surface area contributed by atoms with Gasteiger partial charge in [0.05, 0.1) is 5.69 Å². The second-order valence-corrected chi connectivity index (χ2v) is 6.41. The molecule has 0 saturated heterocycles. The van der Waals surface area contributed by atoms with Crippen LogP contribution in [0.2, 0.25) is 0 Å². The van der Waals surface area contributed by atoms with Crippen LogP contribution < -0.4 is 10.6 Å². The van der Waals surface area contributed by atoms with Crippen LogP contribution in [0, 0.1) is 0 Å². The van der Waals surface area contributed by atoms with Crippen LogP contribution in [-0.4, -0.2) is 31.5 Å². The number of nitrogens with one attached hydrogen (secondary N) is 2. The van der Waals surface area contributed by atoms with Crippen LogP contribution in [0.4, 0.5) is 10.5 Å². The highest BCUT2D eigenvalue weighted by Crippen LogP contribution is 2.26. The first kappa shape index (κ1) is 17.0. The zero-order chi connectivity index (χ0) is 17.5. The first-order valence-corrected chi connectivity index (χ1v) is 8.81. The van der Waals surface area contributed by atoms with Gasteiger partial charge in [0.25, 0.3) is 0 Å². The molecule has 0 saturated carbocycles. The van der Waals surface area contributed by atoms with E-state index in [1.807, 2.05) is 36.4 Å². The zero-order valence-corrected chi connectivity index (χ0v) is 14.5. The molecule has 1 aromatic carbocycles. The number of hydrogen-bond donors (Lipinski definition) is 2. The van der Waals surface area contributed by atoms with Gasteiger partial charge in [-0.25, -0.2) is 19.4 Å². The molecule has 0 aliphatic heterocycles. The molecule has 7 nitrogen and oxygen atoms in total. The van der Waals surface area contributed by atoms with Gasteiger partial charge in [0.1, 0.15) is 12.7 Å². The second kappa shape index (κ2) is 8.29. The number of rotatable bonds is 6. The third kappa shape index (κ3) is 4.57. The number of benzene rings is 1. The molecule has 3 aromatic rings. The van der Waals surface area contributed by atoms with Crippen LogP contribution in [-0.2, 0) is 6.54 Å². The number of hydrogen-bond acceptors (Lipinski definition) is 5. The smallest absolute Gasteiger partial charge is 0.319 e. The number of thioether (sulfide) groups is 1. The molecule has 3 rings (SSSR count). The quantitative estimate of drug-likeness (QED) is 0.665. The largest absolute Gasteiger partial charge is 0.334 e. The molecule has 0 fully saturated rings. The van der Waals surface area contributed by atoms with E-state index in [0.717, 1.165) is 21.9 Å². The summed E-state index contributed by atoms with van der Waals surface area (Å²) in [6.07, 6.45) is 4.74. The summed E-state index contributed by atoms with van der Waals surface area (Å²) in [6.45, 7) is 2.47. The number of carbonyl (C=O) groups is 1. The Morgan fingerprint density at radius 2 is 2.12 bits per heavy atom. The van der Waals surface area contributed by atoms with Gasteiger partial charge in [0.15, 0.2) is 5.82 Å². The van der Waals surface area contributed by atoms with Gasteiger partial charge in [-0.15, -0.1) is 11.8 Å². The maximum absolute atomic E-state index is 12.1. The second-order valence-electron chi connectivity index (χ2n) is 5.10. The van der Waals surface area contributed by atoms with Gasteiger partial charge in [0, 0.05) is 17.6 Å². The fraction of sp³-hybridized carbons (Fsp3) is 0.176. The summed E-state index contributed by atoms with van der Waals surface area (Å²) in [5.41, 5.74) is 1.71. The van der Waals surface area contributed by atoms with Gasteiger partial charge in [-0.1, -0.05) is 25.1 Å². The maximum Gasteiger partial charge on any atom is 0.319 e. The van der Waals surface area contributed by atoms with Crippen LogP contribution >= 0.6 is 11.8 Å². The number of urea groups is 1. The SMILES string of the molecule is CCSc1ccccc1NC(=O)NCc1ccc(-n2cncn2)nc1. The molecule has 128 valence electrons. The molecule has 2 aromatic heterocycles. The van der Waals surface area contributed by atoms with E-state index in [2.05, 4.69) is 32.6 Å². The van der Waals surface area contributed by atoms with Crippen LogP contribution in [0.5, 0.6) is 0 Å². The Bertz CT molecular complexity index is 819. The third-order valence-electron chi connectivity index (χ3n) is 3.35. The lowest BCUT2D eigenvalue weighted by Gasteiger charge is -2.11. The molecular formula is C17H18N6OS. The van der Waals surface area contributed by atoms with Crippen LogP contribution in [0.3, 0.4) is 0 Å². The van der Waals surface area contributed by atoms with Crippen molar-refractivity contribution >= 4 is 23.5 Å². The van der Waals surface area contributed by atoms with Crippen molar-refractivity contribution in [1.29, 1.82) is 0 Å². The van der Waals surface area contributed by atoms with E-state index >= 15 is 0 Å². The summed E-state index contributed by atoms with van der Waals surface area (Å²) in [5.74, 6) is 1.63. The van der Waals surface area contributed by atoms with Gasteiger partial charge in [-0.05, 0) is 29.5 Å². The van der Waals surface area contributed by atoms with Crippen molar-refractivity contribution < 1.29 is 4.79 Å². The van der Waals surface area contributed by atoms with Crippen molar-refractivity contribution in [1.82, 2.24) is 25.1 Å². The molecule has 25 heavy (non-hydrogen) atoms. The van der Waals surface area contributed by atoms with Gasteiger partial charge in [-0.2, -0.15) is 5.10 Å². The lowest BCUT2D eigenvalue weighted by Crippen LogP contribution is -2.28. The van der Waals surface area contributed by atoms with Crippen molar-refractivity contribution in [2.45, 2.75) is 18.4 Å². The van der Waals surface area contributed by atoms with E-state index in [-0.39, 0.29) is 6.03 Å². The van der Waals surface area contributed by atoms with Crippen LogP contribution in [0.25, 0.3) is 5.82 Å². The third-order valence-corrected chi connectivity index (χ3v) is 4.31. The zero-order valence-electron chi connectivity index (χ0n) is 13.7. The summed E-state index contributed by atoms with van der Waals surface area (Å²) in [5, 5.41) is 9.74. The van der Waals surface area contributed by atoms with Gasteiger partial charge in [-0.3, -0.25) is 0 Å². The molecule has 0 aliphatic rings. The Morgan fingerprint density at radius 3 is 2.84 bits per heavy atom. The fourth-order valence-electron chi connectivity index (χ4n) is 2.18. The number of para-hydroxylation sites is 1. The normalized spacial score (nSPS) is 10.4. The Kier molecular flexibility index (Phi) is 5.63. The van der Waals surface area contributed by atoms with Gasteiger partial charge >= 0.3 is 6.03 Å². The minimum Gasteiger partial charge on any atom is -0.334 e. The summed E-state index contributed by atoms with van der Waals surface area (Å²) < 4.78 is 1.58. The summed E-state index contributed by atoms with van der Waals surface area (Å²) in [6, 6.07) is 11.2. The predicted molar refractivity (Wildman–Crippen MR) is 97.9 cm³/mol. The molecule has 0 radical (unpaired) electrons. The monoisotopic (exact) mass is 354 g/mol. The van der Waals surface area contributed by atoms with Crippen molar-refractivity contribution in [3.05, 3.63) is 60.8 Å². The Morgan fingerprint density at radius 1 is 1.24 bits per heavy atom. The minimum atomic E-state index is -0.246. The highest BCUT2D eigenvalue weighted by Gasteiger charge is 2.06. The number of aromatic nitrogens is 4. The van der Waals surface area contributed by atoms with E-state index < -0.39 is 0 Å². The van der Waals surface area contributed by atoms with Crippen molar-refractivity contribution in [2.75, 3.05) is 11.1 Å². The van der Waals surface area contributed by atoms with E-state index in [9.17, 15) is 4.79 Å². The summed E-state index contributed by atoms with van der Waals surface area (Å²) in [7, 11) is 0. The lowest BCUT2D eigenvalue weighted by molar-refractivity contribution is 0.251. The minimum absolute atomic E-state index is 0.246. The van der Waals surface area contributed by atoms with E-state index in [1.165, 1.54) is 6.33 Å². The van der Waals surface area contributed by atoms with Crippen molar-refractivity contribution in [3.8, 4) is 5.82 Å². The fourth-order valence-corrected chi connectivity index (χ4v) is 2.94. The topological polar surface area (TPSA) is 84.7 Å². The Hall–Kier alpha value is -2.87. The highest BCUT2D eigenvalue weighted by molar-refractivity contribution is 7.99. The number of amides is 2. The molecule has 0 spiro atoms. The number of carbonyl (C=O) groups excluding carboxylic acids is 1. The summed E-state index contributed by atoms with van der Waals surface area (Å²) in [4.78, 5) is 21.4. The Labute approximate surface area is 149 Å². The van der Waals surface area contributed by atoms with Gasteiger partial charge < -0.3 is 10.6 Å². The standard InChI is InChI=1S/C17H18N6OS/c1-2-25-15-6-4-3-5-14(15)22-17(24)20-10-13-7-8-16(19-9-13)23-12-18-11-21-23/h3-9,11-12H,2,10H2,1H3,(H2,20,22,24). The average Bonchev–Trinajstić information content (AvgIpc) is 3.17. The first-order chi connectivity index (χ1) is 12.3. The van der Waals surface area contributed by atoms with Gasteiger partial charge in [0.2, 0.25) is 0 Å². The van der Waals surface area contributed by atoms with E-state index in [0.29, 0.717) is 12.4 Å². The first-order valence-electron chi connectivity index (χ1n) is 7.83. The lowest BCUT2D eigenvalue weighted by atomic mass is 10.3. The van der Waals surface area contributed by atoms with Crippen molar-refractivity contribution in [3.63, 3.8) is 0 Å². The molecule has 8 heteroatoms. The molecule has 2 amide bonds. The van der Waals surface area contributed by atoms with E-state index in [1.54, 1.807) is 29.0 Å². The van der Waals surface area contributed by atoms with Crippen LogP contribution in [0.1, 0.15) is 12.5 Å². The highest BCUT2D eigenvalue weighted by atomic mass is 32.2. The Balaban J connectivity index is 1.56. The maximum atomic E-state index is 12.1. The van der Waals surface area contributed by atoms with Crippen LogP contribution in [0.15, 0.2) is 60.1 Å². The molecule has 2 N–H and O–H groups in total. The predicted octanol–water partition coefficient (Wildman–Crippen LogP) is 3.10.